The van der Waals surface area contributed by atoms with Crippen LogP contribution in [0.25, 0.3) is 0 Å². The van der Waals surface area contributed by atoms with E-state index in [1.54, 1.807) is 0 Å². The molecule has 0 bridgehead atoms. The van der Waals surface area contributed by atoms with Crippen molar-refractivity contribution in [1.29, 1.82) is 0 Å². The van der Waals surface area contributed by atoms with Crippen molar-refractivity contribution in [2.75, 3.05) is 39.5 Å². The lowest BCUT2D eigenvalue weighted by Crippen LogP contribution is -2.45. The zero-order chi connectivity index (χ0) is 12.3. The second kappa shape index (κ2) is 5.80. The minimum Gasteiger partial charge on any atom is -0.375 e. The number of rotatable bonds is 4. The molecule has 2 N–H and O–H groups in total. The summed E-state index contributed by atoms with van der Waals surface area (Å²) in [5, 5.41) is 2.76. The van der Waals surface area contributed by atoms with Crippen LogP contribution in [0.15, 0.2) is 5.38 Å². The number of thiazole rings is 1. The lowest BCUT2D eigenvalue weighted by molar-refractivity contribution is 0.134. The van der Waals surface area contributed by atoms with E-state index < -0.39 is 0 Å². The van der Waals surface area contributed by atoms with Crippen LogP contribution in [0.5, 0.6) is 0 Å². The summed E-state index contributed by atoms with van der Waals surface area (Å²) in [6.07, 6.45) is 3.66. The van der Waals surface area contributed by atoms with Crippen LogP contribution in [0.3, 0.4) is 0 Å². The third-order valence-corrected chi connectivity index (χ3v) is 4.19. The Kier molecular flexibility index (Phi) is 4.36. The highest BCUT2D eigenvalue weighted by Crippen LogP contribution is 2.15. The van der Waals surface area contributed by atoms with Gasteiger partial charge in [-0.25, -0.2) is 4.98 Å². The van der Waals surface area contributed by atoms with Crippen LogP contribution < -0.4 is 5.73 Å². The van der Waals surface area contributed by atoms with Gasteiger partial charge in [0, 0.05) is 30.9 Å². The first-order chi connectivity index (χ1) is 8.15. The first kappa shape index (κ1) is 12.8. The Labute approximate surface area is 107 Å². The van der Waals surface area contributed by atoms with Crippen LogP contribution in [0, 0.1) is 0 Å². The average Bonchev–Trinajstić information content (AvgIpc) is 2.73. The zero-order valence-electron chi connectivity index (χ0n) is 10.7. The highest BCUT2D eigenvalue weighted by Gasteiger charge is 2.20. The minimum absolute atomic E-state index is 0.685. The van der Waals surface area contributed by atoms with Crippen LogP contribution in [0.4, 0.5) is 5.13 Å². The molecule has 0 amide bonds. The summed E-state index contributed by atoms with van der Waals surface area (Å²) in [4.78, 5) is 9.19. The molecular formula is C12H22N4S. The maximum absolute atomic E-state index is 5.64. The van der Waals surface area contributed by atoms with Crippen molar-refractivity contribution in [3.05, 3.63) is 11.1 Å². The van der Waals surface area contributed by atoms with Gasteiger partial charge in [-0.3, -0.25) is 0 Å². The van der Waals surface area contributed by atoms with E-state index in [0.717, 1.165) is 18.7 Å². The molecule has 1 fully saturated rings. The van der Waals surface area contributed by atoms with Gasteiger partial charge >= 0.3 is 0 Å². The average molecular weight is 254 g/mol. The van der Waals surface area contributed by atoms with Gasteiger partial charge in [0.25, 0.3) is 0 Å². The predicted octanol–water partition coefficient (Wildman–Crippen LogP) is 1.29. The first-order valence-electron chi connectivity index (χ1n) is 6.24. The quantitative estimate of drug-likeness (QED) is 0.879. The van der Waals surface area contributed by atoms with E-state index in [4.69, 9.17) is 5.73 Å². The number of anilines is 1. The molecule has 5 heteroatoms. The number of likely N-dealkylation sites (tertiary alicyclic amines) is 1. The molecule has 1 aromatic heterocycles. The molecule has 2 heterocycles. The fourth-order valence-electron chi connectivity index (χ4n) is 2.37. The highest BCUT2D eigenvalue weighted by molar-refractivity contribution is 7.13. The molecule has 1 aromatic rings. The Morgan fingerprint density at radius 2 is 2.41 bits per heavy atom. The fourth-order valence-corrected chi connectivity index (χ4v) is 2.96. The number of nitrogen functional groups attached to an aromatic ring is 1. The lowest BCUT2D eigenvalue weighted by atomic mass is 10.0. The van der Waals surface area contributed by atoms with E-state index in [1.165, 1.54) is 37.3 Å². The molecule has 0 radical (unpaired) electrons. The monoisotopic (exact) mass is 254 g/mol. The number of nitrogens with two attached hydrogens (primary N) is 1. The van der Waals surface area contributed by atoms with Crippen molar-refractivity contribution in [3.8, 4) is 0 Å². The summed E-state index contributed by atoms with van der Waals surface area (Å²) in [5.74, 6) is 0. The second-order valence-electron chi connectivity index (χ2n) is 4.99. The topological polar surface area (TPSA) is 45.4 Å². The van der Waals surface area contributed by atoms with Crippen molar-refractivity contribution in [2.45, 2.75) is 25.3 Å². The Balaban J connectivity index is 1.79. The predicted molar refractivity (Wildman–Crippen MR) is 73.4 cm³/mol. The van der Waals surface area contributed by atoms with Crippen molar-refractivity contribution in [1.82, 2.24) is 14.8 Å². The van der Waals surface area contributed by atoms with Crippen molar-refractivity contribution >= 4 is 16.5 Å². The largest absolute Gasteiger partial charge is 0.375 e. The molecule has 1 aliphatic heterocycles. The molecule has 96 valence electrons. The molecule has 17 heavy (non-hydrogen) atoms. The van der Waals surface area contributed by atoms with Gasteiger partial charge in [-0.1, -0.05) is 0 Å². The maximum atomic E-state index is 5.64. The van der Waals surface area contributed by atoms with Crippen LogP contribution in [0.1, 0.15) is 18.5 Å². The van der Waals surface area contributed by atoms with Crippen molar-refractivity contribution in [3.63, 3.8) is 0 Å². The van der Waals surface area contributed by atoms with Gasteiger partial charge in [-0.15, -0.1) is 11.3 Å². The summed E-state index contributed by atoms with van der Waals surface area (Å²) in [6, 6.07) is 0.712. The second-order valence-corrected chi connectivity index (χ2v) is 5.88. The lowest BCUT2D eigenvalue weighted by Gasteiger charge is -2.36. The Morgan fingerprint density at radius 3 is 3.06 bits per heavy atom. The molecule has 0 aromatic carbocycles. The van der Waals surface area contributed by atoms with E-state index in [9.17, 15) is 0 Å². The number of aromatic nitrogens is 1. The number of likely N-dealkylation sites (N-methyl/N-ethyl adjacent to an activating group) is 1. The third kappa shape index (κ3) is 3.66. The zero-order valence-corrected chi connectivity index (χ0v) is 11.5. The van der Waals surface area contributed by atoms with Crippen molar-refractivity contribution in [2.24, 2.45) is 0 Å². The number of hydrogen-bond acceptors (Lipinski definition) is 5. The summed E-state index contributed by atoms with van der Waals surface area (Å²) >= 11 is 1.54. The Hall–Kier alpha value is -0.650. The molecule has 0 spiro atoms. The van der Waals surface area contributed by atoms with E-state index >= 15 is 0 Å². The standard InChI is InChI=1S/C12H22N4S/c1-15(2)11-4-3-6-16(8-11)7-5-10-9-17-12(13)14-10/h9,11H,3-8H2,1-2H3,(H2,13,14). The Morgan fingerprint density at radius 1 is 1.59 bits per heavy atom. The van der Waals surface area contributed by atoms with E-state index in [1.807, 2.05) is 0 Å². The molecule has 0 saturated carbocycles. The molecule has 4 nitrogen and oxygen atoms in total. The molecule has 1 aliphatic rings. The maximum Gasteiger partial charge on any atom is 0.180 e. The highest BCUT2D eigenvalue weighted by atomic mass is 32.1. The molecule has 1 saturated heterocycles. The third-order valence-electron chi connectivity index (χ3n) is 3.46. The Bertz CT molecular complexity index is 350. The SMILES string of the molecule is CN(C)C1CCCN(CCc2csc(N)n2)C1. The van der Waals surface area contributed by atoms with Crippen LogP contribution in [-0.4, -0.2) is 54.6 Å². The number of hydrogen-bond donors (Lipinski definition) is 1. The number of piperidine rings is 1. The van der Waals surface area contributed by atoms with Gasteiger partial charge in [-0.2, -0.15) is 0 Å². The van der Waals surface area contributed by atoms with Gasteiger partial charge in [0.2, 0.25) is 0 Å². The van der Waals surface area contributed by atoms with Gasteiger partial charge in [-0.05, 0) is 33.5 Å². The summed E-state index contributed by atoms with van der Waals surface area (Å²) in [6.45, 7) is 3.52. The van der Waals surface area contributed by atoms with Crippen molar-refractivity contribution < 1.29 is 0 Å². The van der Waals surface area contributed by atoms with E-state index in [-0.39, 0.29) is 0 Å². The van der Waals surface area contributed by atoms with Gasteiger partial charge in [0.05, 0.1) is 5.69 Å². The van der Waals surface area contributed by atoms with Crippen LogP contribution in [-0.2, 0) is 6.42 Å². The molecule has 0 aliphatic carbocycles. The number of nitrogens with zero attached hydrogens (tertiary/aromatic N) is 3. The molecule has 1 unspecified atom stereocenters. The normalized spacial score (nSPS) is 22.2. The summed E-state index contributed by atoms with van der Waals surface area (Å²) in [7, 11) is 4.35. The smallest absolute Gasteiger partial charge is 0.180 e. The van der Waals surface area contributed by atoms with Gasteiger partial charge < -0.3 is 15.5 Å². The summed E-state index contributed by atoms with van der Waals surface area (Å²) < 4.78 is 0. The van der Waals surface area contributed by atoms with Crippen LogP contribution in [0.2, 0.25) is 0 Å². The van der Waals surface area contributed by atoms with Gasteiger partial charge in [0.1, 0.15) is 0 Å². The summed E-state index contributed by atoms with van der Waals surface area (Å²) in [5.41, 5.74) is 6.77. The van der Waals surface area contributed by atoms with Gasteiger partial charge in [0.15, 0.2) is 5.13 Å². The van der Waals surface area contributed by atoms with E-state index in [2.05, 4.69) is 34.3 Å². The molecule has 1 atom stereocenters. The van der Waals surface area contributed by atoms with Crippen LogP contribution >= 0.6 is 11.3 Å². The molecular weight excluding hydrogens is 232 g/mol. The minimum atomic E-state index is 0.685. The fraction of sp³-hybridized carbons (Fsp3) is 0.750. The van der Waals surface area contributed by atoms with E-state index in [0.29, 0.717) is 11.2 Å². The first-order valence-corrected chi connectivity index (χ1v) is 7.12. The molecule has 2 rings (SSSR count).